The van der Waals surface area contributed by atoms with Gasteiger partial charge in [-0.15, -0.1) is 0 Å². The fourth-order valence-corrected chi connectivity index (χ4v) is 3.87. The minimum Gasteiger partial charge on any atom is -0.341 e. The van der Waals surface area contributed by atoms with Gasteiger partial charge in [0, 0.05) is 25.6 Å². The van der Waals surface area contributed by atoms with Gasteiger partial charge in [0.25, 0.3) is 0 Å². The molecule has 2 aliphatic rings. The zero-order valence-electron chi connectivity index (χ0n) is 13.9. The molecule has 2 rings (SSSR count). The number of nitrogens with two attached hydrogens (primary N) is 1. The summed E-state index contributed by atoms with van der Waals surface area (Å²) in [5.41, 5.74) is 5.68. The highest BCUT2D eigenvalue weighted by Gasteiger charge is 2.31. The largest absolute Gasteiger partial charge is 0.341 e. The van der Waals surface area contributed by atoms with Crippen molar-refractivity contribution in [3.05, 3.63) is 0 Å². The van der Waals surface area contributed by atoms with Crippen LogP contribution in [-0.2, 0) is 4.79 Å². The van der Waals surface area contributed by atoms with Crippen LogP contribution in [0.5, 0.6) is 0 Å². The third-order valence-electron chi connectivity index (χ3n) is 5.38. The maximum absolute atomic E-state index is 12.4. The Labute approximate surface area is 130 Å². The van der Waals surface area contributed by atoms with Crippen molar-refractivity contribution in [3.63, 3.8) is 0 Å². The van der Waals surface area contributed by atoms with Crippen molar-refractivity contribution in [1.29, 1.82) is 0 Å². The lowest BCUT2D eigenvalue weighted by atomic mass is 9.88. The van der Waals surface area contributed by atoms with Crippen LogP contribution in [-0.4, -0.2) is 54.5 Å². The molecular weight excluding hydrogens is 262 g/mol. The van der Waals surface area contributed by atoms with Gasteiger partial charge in [0.05, 0.1) is 0 Å². The van der Waals surface area contributed by atoms with Gasteiger partial charge >= 0.3 is 0 Å². The molecule has 2 fully saturated rings. The number of amides is 1. The summed E-state index contributed by atoms with van der Waals surface area (Å²) in [6, 6.07) is 0.626. The standard InChI is InChI=1S/C17H33N3O/c1-14(2)15(7-9-18)5-6-17(21)20-12-8-16(13-20)19-10-3-4-11-19/h14-16H,3-13,18H2,1-2H3. The Morgan fingerprint density at radius 2 is 1.90 bits per heavy atom. The molecule has 2 aliphatic heterocycles. The van der Waals surface area contributed by atoms with Gasteiger partial charge in [-0.1, -0.05) is 13.8 Å². The molecule has 21 heavy (non-hydrogen) atoms. The van der Waals surface area contributed by atoms with Gasteiger partial charge in [0.2, 0.25) is 5.91 Å². The van der Waals surface area contributed by atoms with Crippen LogP contribution in [0.3, 0.4) is 0 Å². The fraction of sp³-hybridized carbons (Fsp3) is 0.941. The van der Waals surface area contributed by atoms with Crippen molar-refractivity contribution in [1.82, 2.24) is 9.80 Å². The predicted octanol–water partition coefficient (Wildman–Crippen LogP) is 2.08. The van der Waals surface area contributed by atoms with E-state index in [4.69, 9.17) is 5.73 Å². The molecule has 0 aliphatic carbocycles. The van der Waals surface area contributed by atoms with Gasteiger partial charge in [-0.3, -0.25) is 9.69 Å². The van der Waals surface area contributed by atoms with Crippen molar-refractivity contribution >= 4 is 5.91 Å². The zero-order chi connectivity index (χ0) is 15.2. The Kier molecular flexibility index (Phi) is 6.49. The van der Waals surface area contributed by atoms with Crippen LogP contribution in [0.25, 0.3) is 0 Å². The second-order valence-electron chi connectivity index (χ2n) is 7.15. The lowest BCUT2D eigenvalue weighted by Gasteiger charge is -2.24. The Bertz CT molecular complexity index is 326. The minimum absolute atomic E-state index is 0.361. The maximum atomic E-state index is 12.4. The van der Waals surface area contributed by atoms with E-state index in [1.807, 2.05) is 0 Å². The number of likely N-dealkylation sites (tertiary alicyclic amines) is 2. The SMILES string of the molecule is CC(C)C(CCN)CCC(=O)N1CCC(N2CCCC2)C1. The highest BCUT2D eigenvalue weighted by atomic mass is 16.2. The lowest BCUT2D eigenvalue weighted by molar-refractivity contribution is -0.130. The van der Waals surface area contributed by atoms with Gasteiger partial charge in [-0.2, -0.15) is 0 Å². The first kappa shape index (κ1) is 16.8. The van der Waals surface area contributed by atoms with Crippen molar-refractivity contribution in [2.75, 3.05) is 32.7 Å². The van der Waals surface area contributed by atoms with Gasteiger partial charge < -0.3 is 10.6 Å². The number of carbonyl (C=O) groups is 1. The van der Waals surface area contributed by atoms with E-state index in [0.717, 1.165) is 32.5 Å². The highest BCUT2D eigenvalue weighted by Crippen LogP contribution is 2.24. The first-order valence-electron chi connectivity index (χ1n) is 8.83. The first-order chi connectivity index (χ1) is 10.1. The Morgan fingerprint density at radius 1 is 1.19 bits per heavy atom. The lowest BCUT2D eigenvalue weighted by Crippen LogP contribution is -2.37. The average Bonchev–Trinajstić information content (AvgIpc) is 3.11. The Morgan fingerprint density at radius 3 is 2.52 bits per heavy atom. The molecule has 0 aromatic rings. The molecule has 4 heteroatoms. The summed E-state index contributed by atoms with van der Waals surface area (Å²) in [4.78, 5) is 17.1. The second-order valence-corrected chi connectivity index (χ2v) is 7.15. The van der Waals surface area contributed by atoms with E-state index in [2.05, 4.69) is 23.6 Å². The summed E-state index contributed by atoms with van der Waals surface area (Å²) >= 11 is 0. The van der Waals surface area contributed by atoms with Crippen LogP contribution in [0.1, 0.15) is 52.4 Å². The fourth-order valence-electron chi connectivity index (χ4n) is 3.87. The normalized spacial score (nSPS) is 25.0. The molecule has 2 heterocycles. The van der Waals surface area contributed by atoms with E-state index < -0.39 is 0 Å². The summed E-state index contributed by atoms with van der Waals surface area (Å²) in [5.74, 6) is 1.58. The molecule has 0 aromatic heterocycles. The third-order valence-corrected chi connectivity index (χ3v) is 5.38. The van der Waals surface area contributed by atoms with Crippen molar-refractivity contribution in [2.24, 2.45) is 17.6 Å². The molecule has 2 atom stereocenters. The molecule has 0 aromatic carbocycles. The first-order valence-corrected chi connectivity index (χ1v) is 8.83. The monoisotopic (exact) mass is 295 g/mol. The highest BCUT2D eigenvalue weighted by molar-refractivity contribution is 5.76. The van der Waals surface area contributed by atoms with Crippen LogP contribution in [0.2, 0.25) is 0 Å². The summed E-state index contributed by atoms with van der Waals surface area (Å²) < 4.78 is 0. The number of carbonyl (C=O) groups excluding carboxylic acids is 1. The van der Waals surface area contributed by atoms with E-state index in [9.17, 15) is 4.79 Å². The van der Waals surface area contributed by atoms with Crippen molar-refractivity contribution < 1.29 is 4.79 Å². The molecule has 0 spiro atoms. The molecule has 1 amide bonds. The van der Waals surface area contributed by atoms with E-state index in [-0.39, 0.29) is 0 Å². The van der Waals surface area contributed by atoms with Crippen LogP contribution < -0.4 is 5.73 Å². The van der Waals surface area contributed by atoms with E-state index >= 15 is 0 Å². The number of nitrogens with zero attached hydrogens (tertiary/aromatic N) is 2. The molecule has 0 radical (unpaired) electrons. The van der Waals surface area contributed by atoms with Gasteiger partial charge in [0.1, 0.15) is 0 Å². The summed E-state index contributed by atoms with van der Waals surface area (Å²) in [6.45, 7) is 9.61. The molecule has 2 unspecified atom stereocenters. The molecule has 4 nitrogen and oxygen atoms in total. The Balaban J connectivity index is 1.73. The van der Waals surface area contributed by atoms with Gasteiger partial charge in [-0.05, 0) is 63.6 Å². The Hall–Kier alpha value is -0.610. The molecular formula is C17H33N3O. The van der Waals surface area contributed by atoms with Crippen molar-refractivity contribution in [3.8, 4) is 0 Å². The van der Waals surface area contributed by atoms with Crippen LogP contribution in [0.4, 0.5) is 0 Å². The van der Waals surface area contributed by atoms with E-state index in [0.29, 0.717) is 30.2 Å². The van der Waals surface area contributed by atoms with Crippen molar-refractivity contribution in [2.45, 2.75) is 58.4 Å². The van der Waals surface area contributed by atoms with Crippen LogP contribution >= 0.6 is 0 Å². The molecule has 2 saturated heterocycles. The number of hydrogen-bond donors (Lipinski definition) is 1. The minimum atomic E-state index is 0.361. The number of rotatable bonds is 7. The van der Waals surface area contributed by atoms with E-state index in [1.165, 1.54) is 32.4 Å². The van der Waals surface area contributed by atoms with Gasteiger partial charge in [-0.25, -0.2) is 0 Å². The van der Waals surface area contributed by atoms with Crippen LogP contribution in [0, 0.1) is 11.8 Å². The summed E-state index contributed by atoms with van der Waals surface area (Å²) in [5, 5.41) is 0. The summed E-state index contributed by atoms with van der Waals surface area (Å²) in [6.07, 6.45) is 6.58. The average molecular weight is 295 g/mol. The smallest absolute Gasteiger partial charge is 0.222 e. The molecule has 0 saturated carbocycles. The van der Waals surface area contributed by atoms with E-state index in [1.54, 1.807) is 0 Å². The maximum Gasteiger partial charge on any atom is 0.222 e. The zero-order valence-corrected chi connectivity index (χ0v) is 13.9. The predicted molar refractivity (Wildman–Crippen MR) is 87.0 cm³/mol. The summed E-state index contributed by atoms with van der Waals surface area (Å²) in [7, 11) is 0. The second kappa shape index (κ2) is 8.14. The van der Waals surface area contributed by atoms with Crippen LogP contribution in [0.15, 0.2) is 0 Å². The molecule has 2 N–H and O–H groups in total. The topological polar surface area (TPSA) is 49.6 Å². The molecule has 0 bridgehead atoms. The van der Waals surface area contributed by atoms with Gasteiger partial charge in [0.15, 0.2) is 0 Å². The third kappa shape index (κ3) is 4.68. The molecule has 122 valence electrons. The number of hydrogen-bond acceptors (Lipinski definition) is 3. The quantitative estimate of drug-likeness (QED) is 0.782.